The van der Waals surface area contributed by atoms with Crippen LogP contribution in [0.3, 0.4) is 0 Å². The predicted octanol–water partition coefficient (Wildman–Crippen LogP) is 6.50. The van der Waals surface area contributed by atoms with Crippen molar-refractivity contribution in [1.82, 2.24) is 15.0 Å². The number of piperidine rings is 1. The zero-order valence-corrected chi connectivity index (χ0v) is 20.2. The summed E-state index contributed by atoms with van der Waals surface area (Å²) >= 11 is 6.56. The van der Waals surface area contributed by atoms with E-state index in [-0.39, 0.29) is 0 Å². The van der Waals surface area contributed by atoms with E-state index in [1.165, 1.54) is 68.3 Å². The maximum absolute atomic E-state index is 6.56. The molecule has 2 aromatic rings. The fourth-order valence-corrected chi connectivity index (χ4v) is 5.40. The highest BCUT2D eigenvalue weighted by Crippen LogP contribution is 2.38. The number of hydrogen-bond donors (Lipinski definition) is 1. The van der Waals surface area contributed by atoms with E-state index >= 15 is 0 Å². The number of aryl methyl sites for hydroxylation is 1. The third-order valence-electron chi connectivity index (χ3n) is 7.24. The molecule has 2 fully saturated rings. The smallest absolute Gasteiger partial charge is 0.128 e. The maximum Gasteiger partial charge on any atom is 0.128 e. The molecule has 1 aromatic carbocycles. The Morgan fingerprint density at radius 3 is 2.42 bits per heavy atom. The summed E-state index contributed by atoms with van der Waals surface area (Å²) in [5.41, 5.74) is 9.81. The number of rotatable bonds is 7. The SMILES string of the molecule is COc1cc(C)c(Cl)cc1-c1cc(CNN2CCCCC2)c(C)n1CC1CCCCC1. The number of nitrogens with zero attached hydrogens (tertiary/aromatic N) is 2. The number of nitrogens with one attached hydrogen (secondary N) is 1. The van der Waals surface area contributed by atoms with Gasteiger partial charge in [0.05, 0.1) is 12.8 Å². The number of hydrazine groups is 1. The maximum atomic E-state index is 6.56. The van der Waals surface area contributed by atoms with Crippen LogP contribution in [0.4, 0.5) is 0 Å². The van der Waals surface area contributed by atoms with Crippen molar-refractivity contribution >= 4 is 11.6 Å². The fourth-order valence-electron chi connectivity index (χ4n) is 5.24. The molecule has 0 bridgehead atoms. The zero-order chi connectivity index (χ0) is 21.8. The lowest BCUT2D eigenvalue weighted by Crippen LogP contribution is -2.41. The molecule has 0 atom stereocenters. The van der Waals surface area contributed by atoms with Crippen LogP contribution in [0, 0.1) is 19.8 Å². The minimum absolute atomic E-state index is 0.758. The van der Waals surface area contributed by atoms with Gasteiger partial charge in [-0.15, -0.1) is 0 Å². The molecule has 1 saturated heterocycles. The normalized spacial score (nSPS) is 18.5. The summed E-state index contributed by atoms with van der Waals surface area (Å²) in [7, 11) is 1.76. The van der Waals surface area contributed by atoms with Crippen LogP contribution >= 0.6 is 11.6 Å². The molecule has 1 aromatic heterocycles. The third kappa shape index (κ3) is 5.30. The monoisotopic (exact) mass is 443 g/mol. The van der Waals surface area contributed by atoms with Gasteiger partial charge in [-0.25, -0.2) is 5.01 Å². The van der Waals surface area contributed by atoms with Crippen molar-refractivity contribution in [2.75, 3.05) is 20.2 Å². The number of ether oxygens (including phenoxy) is 1. The van der Waals surface area contributed by atoms with Gasteiger partial charge < -0.3 is 9.30 Å². The Balaban J connectivity index is 1.67. The number of halogens is 1. The number of methoxy groups -OCH3 is 1. The van der Waals surface area contributed by atoms with Crippen molar-refractivity contribution in [2.24, 2.45) is 5.92 Å². The molecular formula is C26H38ClN3O. The van der Waals surface area contributed by atoms with Crippen LogP contribution in [0.25, 0.3) is 11.3 Å². The first-order chi connectivity index (χ1) is 15.1. The molecule has 1 aliphatic heterocycles. The van der Waals surface area contributed by atoms with E-state index in [0.717, 1.165) is 54.0 Å². The summed E-state index contributed by atoms with van der Waals surface area (Å²) in [6.07, 6.45) is 10.7. The Hall–Kier alpha value is -1.49. The summed E-state index contributed by atoms with van der Waals surface area (Å²) in [6.45, 7) is 8.57. The lowest BCUT2D eigenvalue weighted by atomic mass is 9.89. The molecule has 0 spiro atoms. The summed E-state index contributed by atoms with van der Waals surface area (Å²) < 4.78 is 8.32. The van der Waals surface area contributed by atoms with Gasteiger partial charge in [-0.2, -0.15) is 0 Å². The molecule has 0 radical (unpaired) electrons. The molecule has 4 nitrogen and oxygen atoms in total. The molecule has 0 unspecified atom stereocenters. The Labute approximate surface area is 192 Å². The van der Waals surface area contributed by atoms with Gasteiger partial charge in [0.1, 0.15) is 5.75 Å². The molecule has 5 heteroatoms. The second-order valence-corrected chi connectivity index (χ2v) is 9.85. The first-order valence-corrected chi connectivity index (χ1v) is 12.5. The molecule has 2 heterocycles. The Morgan fingerprint density at radius 2 is 1.71 bits per heavy atom. The molecule has 31 heavy (non-hydrogen) atoms. The van der Waals surface area contributed by atoms with Crippen molar-refractivity contribution < 1.29 is 4.74 Å². The first kappa shape index (κ1) is 22.7. The van der Waals surface area contributed by atoms with Crippen LogP contribution in [-0.4, -0.2) is 29.8 Å². The summed E-state index contributed by atoms with van der Waals surface area (Å²) in [4.78, 5) is 0. The van der Waals surface area contributed by atoms with E-state index in [2.05, 4.69) is 40.1 Å². The Kier molecular flexibility index (Phi) is 7.63. The van der Waals surface area contributed by atoms with Gasteiger partial charge in [0.25, 0.3) is 0 Å². The van der Waals surface area contributed by atoms with Gasteiger partial charge in [-0.3, -0.25) is 5.43 Å². The number of aromatic nitrogens is 1. The molecule has 0 amide bonds. The van der Waals surface area contributed by atoms with E-state index in [9.17, 15) is 0 Å². The molecule has 4 rings (SSSR count). The number of benzene rings is 1. The quantitative estimate of drug-likeness (QED) is 0.529. The van der Waals surface area contributed by atoms with Crippen LogP contribution in [-0.2, 0) is 13.1 Å². The van der Waals surface area contributed by atoms with E-state index in [1.54, 1.807) is 7.11 Å². The van der Waals surface area contributed by atoms with Gasteiger partial charge in [-0.1, -0.05) is 37.3 Å². The first-order valence-electron chi connectivity index (χ1n) is 12.1. The molecular weight excluding hydrogens is 406 g/mol. The highest BCUT2D eigenvalue weighted by Gasteiger charge is 2.22. The number of hydrogen-bond acceptors (Lipinski definition) is 3. The highest BCUT2D eigenvalue weighted by molar-refractivity contribution is 6.31. The molecule has 2 aliphatic rings. The van der Waals surface area contributed by atoms with Crippen LogP contribution in [0.1, 0.15) is 68.2 Å². The molecule has 170 valence electrons. The van der Waals surface area contributed by atoms with Gasteiger partial charge in [0, 0.05) is 42.5 Å². The minimum Gasteiger partial charge on any atom is -0.496 e. The molecule has 1 saturated carbocycles. The van der Waals surface area contributed by atoms with Crippen molar-refractivity contribution in [2.45, 2.75) is 78.3 Å². The van der Waals surface area contributed by atoms with E-state index in [4.69, 9.17) is 16.3 Å². The largest absolute Gasteiger partial charge is 0.496 e. The van der Waals surface area contributed by atoms with Gasteiger partial charge >= 0.3 is 0 Å². The van der Waals surface area contributed by atoms with Crippen LogP contribution in [0.2, 0.25) is 5.02 Å². The molecule has 1 N–H and O–H groups in total. The van der Waals surface area contributed by atoms with Crippen LogP contribution in [0.5, 0.6) is 5.75 Å². The van der Waals surface area contributed by atoms with Gasteiger partial charge in [-0.05, 0) is 74.8 Å². The lowest BCUT2D eigenvalue weighted by Gasteiger charge is -2.27. The Bertz CT molecular complexity index is 879. The second kappa shape index (κ2) is 10.4. The van der Waals surface area contributed by atoms with Crippen molar-refractivity contribution in [3.8, 4) is 17.0 Å². The van der Waals surface area contributed by atoms with Crippen LogP contribution in [0.15, 0.2) is 18.2 Å². The summed E-state index contributed by atoms with van der Waals surface area (Å²) in [6, 6.07) is 6.51. The van der Waals surface area contributed by atoms with E-state index in [0.29, 0.717) is 0 Å². The van der Waals surface area contributed by atoms with E-state index < -0.39 is 0 Å². The molecule has 1 aliphatic carbocycles. The lowest BCUT2D eigenvalue weighted by molar-refractivity contribution is 0.151. The highest BCUT2D eigenvalue weighted by atomic mass is 35.5. The standard InChI is InChI=1S/C26H38ClN3O/c1-19-14-26(31-3)23(16-24(19)27)25-15-22(17-28-29-12-8-5-9-13-29)20(2)30(25)18-21-10-6-4-7-11-21/h14-16,21,28H,4-13,17-18H2,1-3H3. The second-order valence-electron chi connectivity index (χ2n) is 9.44. The zero-order valence-electron chi connectivity index (χ0n) is 19.5. The van der Waals surface area contributed by atoms with Gasteiger partial charge in [0.15, 0.2) is 0 Å². The fraction of sp³-hybridized carbons (Fsp3) is 0.615. The topological polar surface area (TPSA) is 29.4 Å². The van der Waals surface area contributed by atoms with E-state index in [1.807, 2.05) is 6.92 Å². The van der Waals surface area contributed by atoms with Crippen LogP contribution < -0.4 is 10.2 Å². The minimum atomic E-state index is 0.758. The Morgan fingerprint density at radius 1 is 1.00 bits per heavy atom. The van der Waals surface area contributed by atoms with Crippen molar-refractivity contribution in [1.29, 1.82) is 0 Å². The van der Waals surface area contributed by atoms with Gasteiger partial charge in [0.2, 0.25) is 0 Å². The predicted molar refractivity (Wildman–Crippen MR) is 130 cm³/mol. The average Bonchev–Trinajstić information content (AvgIpc) is 3.10. The average molecular weight is 444 g/mol. The van der Waals surface area contributed by atoms with Crippen molar-refractivity contribution in [3.05, 3.63) is 40.0 Å². The van der Waals surface area contributed by atoms with Crippen molar-refractivity contribution in [3.63, 3.8) is 0 Å². The summed E-state index contributed by atoms with van der Waals surface area (Å²) in [5.74, 6) is 1.66. The summed E-state index contributed by atoms with van der Waals surface area (Å²) in [5, 5.41) is 3.19. The third-order valence-corrected chi connectivity index (χ3v) is 7.65.